The number of halogens is 1. The number of hydrogen-bond acceptors (Lipinski definition) is 5. The molecular weight excluding hydrogens is 354 g/mol. The van der Waals surface area contributed by atoms with Crippen molar-refractivity contribution in [2.45, 2.75) is 6.92 Å². The maximum atomic E-state index is 12.1. The van der Waals surface area contributed by atoms with Gasteiger partial charge in [-0.2, -0.15) is 5.10 Å². The molecule has 3 rings (SSSR count). The zero-order chi connectivity index (χ0) is 14.8. The van der Waals surface area contributed by atoms with Crippen molar-refractivity contribution in [1.82, 2.24) is 20.4 Å². The van der Waals surface area contributed by atoms with Gasteiger partial charge < -0.3 is 0 Å². The second kappa shape index (κ2) is 5.74. The van der Waals surface area contributed by atoms with E-state index in [2.05, 4.69) is 41.6 Å². The van der Waals surface area contributed by atoms with Crippen molar-refractivity contribution in [1.29, 1.82) is 0 Å². The van der Waals surface area contributed by atoms with Crippen LogP contribution in [0.15, 0.2) is 34.8 Å². The fraction of sp³-hybridized carbons (Fsp3) is 0.0769. The minimum Gasteiger partial charge on any atom is -0.295 e. The van der Waals surface area contributed by atoms with Gasteiger partial charge in [0.15, 0.2) is 0 Å². The summed E-state index contributed by atoms with van der Waals surface area (Å²) in [5.74, 6) is -0.290. The average Bonchev–Trinajstić information content (AvgIpc) is 3.09. The van der Waals surface area contributed by atoms with Crippen molar-refractivity contribution in [3.63, 3.8) is 0 Å². The quantitative estimate of drug-likeness (QED) is 0.747. The van der Waals surface area contributed by atoms with Gasteiger partial charge in [0.25, 0.3) is 5.91 Å². The predicted octanol–water partition coefficient (Wildman–Crippen LogP) is 3.25. The van der Waals surface area contributed by atoms with Crippen molar-refractivity contribution in [3.05, 3.63) is 45.5 Å². The number of rotatable bonds is 3. The molecule has 2 heterocycles. The van der Waals surface area contributed by atoms with Gasteiger partial charge in [-0.3, -0.25) is 15.2 Å². The summed E-state index contributed by atoms with van der Waals surface area (Å²) in [7, 11) is 0. The molecule has 0 unspecified atom stereocenters. The second-order valence-corrected chi connectivity index (χ2v) is 6.35. The van der Waals surface area contributed by atoms with Crippen LogP contribution in [0.1, 0.15) is 15.5 Å². The zero-order valence-corrected chi connectivity index (χ0v) is 13.3. The Morgan fingerprint density at radius 2 is 2.05 bits per heavy atom. The molecule has 0 aliphatic carbocycles. The number of aryl methyl sites for hydroxylation is 1. The summed E-state index contributed by atoms with van der Waals surface area (Å²) in [5, 5.41) is 18.5. The third-order valence-electron chi connectivity index (χ3n) is 2.71. The summed E-state index contributed by atoms with van der Waals surface area (Å²) in [6.07, 6.45) is 0. The van der Waals surface area contributed by atoms with Crippen LogP contribution in [0.3, 0.4) is 0 Å². The Hall–Kier alpha value is -2.06. The van der Waals surface area contributed by atoms with Crippen molar-refractivity contribution < 1.29 is 4.79 Å². The molecule has 8 heteroatoms. The normalized spacial score (nSPS) is 10.6. The van der Waals surface area contributed by atoms with Crippen LogP contribution in [-0.4, -0.2) is 26.3 Å². The lowest BCUT2D eigenvalue weighted by atomic mass is 10.1. The average molecular weight is 364 g/mol. The molecule has 0 atom stereocenters. The van der Waals surface area contributed by atoms with Gasteiger partial charge in [-0.25, -0.2) is 0 Å². The second-order valence-electron chi connectivity index (χ2n) is 4.25. The van der Waals surface area contributed by atoms with E-state index >= 15 is 0 Å². The van der Waals surface area contributed by atoms with Gasteiger partial charge in [0.1, 0.15) is 10.7 Å². The van der Waals surface area contributed by atoms with Crippen LogP contribution in [0, 0.1) is 6.92 Å². The molecule has 0 saturated heterocycles. The van der Waals surface area contributed by atoms with Crippen molar-refractivity contribution in [2.75, 3.05) is 5.32 Å². The van der Waals surface area contributed by atoms with E-state index in [1.807, 2.05) is 31.2 Å². The molecule has 1 aromatic carbocycles. The molecule has 0 saturated carbocycles. The number of benzene rings is 1. The van der Waals surface area contributed by atoms with E-state index in [0.29, 0.717) is 16.5 Å². The van der Waals surface area contributed by atoms with E-state index < -0.39 is 0 Å². The number of nitrogens with zero attached hydrogens (tertiary/aromatic N) is 3. The Balaban J connectivity index is 1.78. The molecule has 2 aromatic heterocycles. The number of nitrogens with one attached hydrogen (secondary N) is 2. The van der Waals surface area contributed by atoms with Gasteiger partial charge in [0.2, 0.25) is 5.13 Å². The molecule has 0 fully saturated rings. The summed E-state index contributed by atoms with van der Waals surface area (Å²) in [5.41, 5.74) is 2.02. The van der Waals surface area contributed by atoms with Crippen LogP contribution in [0.2, 0.25) is 0 Å². The Morgan fingerprint density at radius 1 is 1.29 bits per heavy atom. The summed E-state index contributed by atoms with van der Waals surface area (Å²) < 4.78 is 0.992. The zero-order valence-electron chi connectivity index (χ0n) is 10.9. The highest BCUT2D eigenvalue weighted by atomic mass is 79.9. The smallest absolute Gasteiger partial charge is 0.275 e. The lowest BCUT2D eigenvalue weighted by Gasteiger charge is -1.96. The summed E-state index contributed by atoms with van der Waals surface area (Å²) in [6, 6.07) is 9.40. The van der Waals surface area contributed by atoms with Crippen LogP contribution in [0.5, 0.6) is 0 Å². The molecule has 0 aliphatic rings. The highest BCUT2D eigenvalue weighted by Gasteiger charge is 2.13. The summed E-state index contributed by atoms with van der Waals surface area (Å²) in [4.78, 5) is 12.1. The Labute approximate surface area is 132 Å². The fourth-order valence-electron chi connectivity index (χ4n) is 1.72. The predicted molar refractivity (Wildman–Crippen MR) is 84.3 cm³/mol. The first kappa shape index (κ1) is 13.9. The van der Waals surface area contributed by atoms with E-state index in [4.69, 9.17) is 0 Å². The van der Waals surface area contributed by atoms with Gasteiger partial charge >= 0.3 is 0 Å². The van der Waals surface area contributed by atoms with Crippen molar-refractivity contribution in [3.8, 4) is 11.3 Å². The minimum atomic E-state index is -0.290. The fourth-order valence-corrected chi connectivity index (χ4v) is 2.57. The Morgan fingerprint density at radius 3 is 2.71 bits per heavy atom. The lowest BCUT2D eigenvalue weighted by molar-refractivity contribution is 0.102. The number of aromatic nitrogens is 4. The number of aromatic amines is 1. The molecule has 21 heavy (non-hydrogen) atoms. The standard InChI is InChI=1S/C13H10BrN5OS/c1-7-16-19-13(21-7)15-12(20)11-6-10(17-18-11)8-2-4-9(14)5-3-8/h2-6H,1H3,(H,17,18)(H,15,19,20). The number of hydrogen-bond donors (Lipinski definition) is 2. The van der Waals surface area contributed by atoms with Gasteiger partial charge in [-0.15, -0.1) is 10.2 Å². The van der Waals surface area contributed by atoms with Gasteiger partial charge in [0, 0.05) is 10.0 Å². The molecule has 0 aliphatic heterocycles. The topological polar surface area (TPSA) is 83.6 Å². The maximum absolute atomic E-state index is 12.1. The molecule has 0 bridgehead atoms. The number of anilines is 1. The largest absolute Gasteiger partial charge is 0.295 e. The van der Waals surface area contributed by atoms with Gasteiger partial charge in [-0.1, -0.05) is 39.4 Å². The van der Waals surface area contributed by atoms with E-state index in [0.717, 1.165) is 15.0 Å². The first-order valence-electron chi connectivity index (χ1n) is 6.04. The van der Waals surface area contributed by atoms with Crippen molar-refractivity contribution in [2.24, 2.45) is 0 Å². The monoisotopic (exact) mass is 363 g/mol. The van der Waals surface area contributed by atoms with E-state index in [-0.39, 0.29) is 5.91 Å². The first-order chi connectivity index (χ1) is 10.1. The maximum Gasteiger partial charge on any atom is 0.275 e. The molecule has 1 amide bonds. The van der Waals surface area contributed by atoms with Crippen LogP contribution < -0.4 is 5.32 Å². The number of carbonyl (C=O) groups excluding carboxylic acids is 1. The summed E-state index contributed by atoms with van der Waals surface area (Å²) in [6.45, 7) is 1.83. The Kier molecular flexibility index (Phi) is 3.80. The number of carbonyl (C=O) groups is 1. The van der Waals surface area contributed by atoms with Gasteiger partial charge in [-0.05, 0) is 25.1 Å². The molecule has 2 N–H and O–H groups in total. The minimum absolute atomic E-state index is 0.290. The molecule has 6 nitrogen and oxygen atoms in total. The SMILES string of the molecule is Cc1nnc(NC(=O)c2cc(-c3ccc(Br)cc3)n[nH]2)s1. The van der Waals surface area contributed by atoms with Gasteiger partial charge in [0.05, 0.1) is 5.69 Å². The first-order valence-corrected chi connectivity index (χ1v) is 7.65. The van der Waals surface area contributed by atoms with Crippen LogP contribution in [-0.2, 0) is 0 Å². The summed E-state index contributed by atoms with van der Waals surface area (Å²) >= 11 is 4.70. The molecule has 3 aromatic rings. The number of H-pyrrole nitrogens is 1. The van der Waals surface area contributed by atoms with E-state index in [1.165, 1.54) is 11.3 Å². The molecule has 106 valence electrons. The Bertz CT molecular complexity index is 780. The van der Waals surface area contributed by atoms with Crippen LogP contribution in [0.4, 0.5) is 5.13 Å². The van der Waals surface area contributed by atoms with Crippen LogP contribution >= 0.6 is 27.3 Å². The van der Waals surface area contributed by atoms with Crippen molar-refractivity contribution >= 4 is 38.3 Å². The molecule has 0 radical (unpaired) electrons. The molecular formula is C13H10BrN5OS. The molecule has 0 spiro atoms. The van der Waals surface area contributed by atoms with Crippen LogP contribution in [0.25, 0.3) is 11.3 Å². The third kappa shape index (κ3) is 3.17. The highest BCUT2D eigenvalue weighted by Crippen LogP contribution is 2.21. The lowest BCUT2D eigenvalue weighted by Crippen LogP contribution is -2.12. The third-order valence-corrected chi connectivity index (χ3v) is 3.99. The van der Waals surface area contributed by atoms with E-state index in [9.17, 15) is 4.79 Å². The highest BCUT2D eigenvalue weighted by molar-refractivity contribution is 9.10. The number of amides is 1. The van der Waals surface area contributed by atoms with E-state index in [1.54, 1.807) is 6.07 Å².